The minimum atomic E-state index is -0.481. The Bertz CT molecular complexity index is 1220. The number of halogens is 1. The van der Waals surface area contributed by atoms with Crippen molar-refractivity contribution in [1.82, 2.24) is 10.3 Å². The Morgan fingerprint density at radius 3 is 2.66 bits per heavy atom. The van der Waals surface area contributed by atoms with E-state index in [2.05, 4.69) is 71.3 Å². The van der Waals surface area contributed by atoms with Gasteiger partial charge in [0.1, 0.15) is 17.2 Å². The third-order valence-corrected chi connectivity index (χ3v) is 6.61. The van der Waals surface area contributed by atoms with E-state index in [0.717, 1.165) is 44.0 Å². The Labute approximate surface area is 196 Å². The van der Waals surface area contributed by atoms with Crippen molar-refractivity contribution in [3.8, 4) is 28.4 Å². The van der Waals surface area contributed by atoms with Gasteiger partial charge in [0, 0.05) is 35.6 Å². The van der Waals surface area contributed by atoms with Crippen LogP contribution in [0, 0.1) is 5.41 Å². The highest BCUT2D eigenvalue weighted by molar-refractivity contribution is 9.10. The maximum atomic E-state index is 6.37. The molecule has 3 heterocycles. The summed E-state index contributed by atoms with van der Waals surface area (Å²) in [5.41, 5.74) is 10.1. The quantitative estimate of drug-likeness (QED) is 0.489. The zero-order valence-corrected chi connectivity index (χ0v) is 20.0. The fraction of sp³-hybridized carbons (Fsp3) is 0.269. The summed E-state index contributed by atoms with van der Waals surface area (Å²) in [5.74, 6) is 3.08. The first-order valence-electron chi connectivity index (χ1n) is 10.7. The van der Waals surface area contributed by atoms with Gasteiger partial charge in [-0.05, 0) is 63.3 Å². The first kappa shape index (κ1) is 20.9. The maximum absolute atomic E-state index is 6.37. The molecule has 3 aromatic rings. The molecule has 6 heteroatoms. The Morgan fingerprint density at radius 2 is 1.97 bits per heavy atom. The van der Waals surface area contributed by atoms with Gasteiger partial charge in [0.2, 0.25) is 0 Å². The van der Waals surface area contributed by atoms with E-state index in [1.807, 2.05) is 30.5 Å². The Balaban J connectivity index is 1.67. The van der Waals surface area contributed by atoms with Gasteiger partial charge in [0.25, 0.3) is 0 Å². The molecule has 1 atom stereocenters. The molecule has 5 rings (SSSR count). The predicted octanol–water partition coefficient (Wildman–Crippen LogP) is 5.73. The molecule has 5 nitrogen and oxygen atoms in total. The van der Waals surface area contributed by atoms with E-state index in [1.165, 1.54) is 0 Å². The third-order valence-electron chi connectivity index (χ3n) is 5.82. The predicted molar refractivity (Wildman–Crippen MR) is 130 cm³/mol. The summed E-state index contributed by atoms with van der Waals surface area (Å²) in [6.45, 7) is 7.72. The normalized spacial score (nSPS) is 18.9. The van der Waals surface area contributed by atoms with Crippen LogP contribution >= 0.6 is 15.9 Å². The summed E-state index contributed by atoms with van der Waals surface area (Å²) in [6.07, 6.45) is 5.75. The number of rotatable bonds is 3. The number of nitrogens with two attached hydrogens (primary N) is 1. The van der Waals surface area contributed by atoms with E-state index in [9.17, 15) is 0 Å². The van der Waals surface area contributed by atoms with Gasteiger partial charge in [0.05, 0.1) is 22.3 Å². The van der Waals surface area contributed by atoms with E-state index in [4.69, 9.17) is 15.2 Å². The summed E-state index contributed by atoms with van der Waals surface area (Å²) in [5, 5.41) is 3.33. The summed E-state index contributed by atoms with van der Waals surface area (Å²) in [4.78, 5) is 4.28. The largest absolute Gasteiger partial charge is 0.492 e. The lowest BCUT2D eigenvalue weighted by Gasteiger charge is -2.37. The second-order valence-electron chi connectivity index (χ2n) is 9.58. The number of benzene rings is 2. The van der Waals surface area contributed by atoms with Crippen molar-refractivity contribution in [3.63, 3.8) is 0 Å². The summed E-state index contributed by atoms with van der Waals surface area (Å²) < 4.78 is 13.5. The summed E-state index contributed by atoms with van der Waals surface area (Å²) in [6, 6.07) is 14.2. The molecule has 3 N–H and O–H groups in total. The van der Waals surface area contributed by atoms with Crippen LogP contribution < -0.4 is 20.5 Å². The van der Waals surface area contributed by atoms with Gasteiger partial charge in [0.15, 0.2) is 0 Å². The van der Waals surface area contributed by atoms with Gasteiger partial charge in [-0.3, -0.25) is 4.98 Å². The monoisotopic (exact) mass is 491 g/mol. The van der Waals surface area contributed by atoms with Crippen LogP contribution in [0.2, 0.25) is 0 Å². The van der Waals surface area contributed by atoms with Crippen LogP contribution in [-0.2, 0) is 5.41 Å². The van der Waals surface area contributed by atoms with Crippen molar-refractivity contribution in [3.05, 3.63) is 82.4 Å². The molecule has 0 aliphatic carbocycles. The molecule has 1 aromatic heterocycles. The number of aromatic nitrogens is 1. The van der Waals surface area contributed by atoms with Crippen LogP contribution in [0.1, 0.15) is 31.9 Å². The average Bonchev–Trinajstić information content (AvgIpc) is 3.15. The Kier molecular flexibility index (Phi) is 4.93. The van der Waals surface area contributed by atoms with E-state index in [-0.39, 0.29) is 5.41 Å². The van der Waals surface area contributed by atoms with Gasteiger partial charge in [-0.15, -0.1) is 0 Å². The fourth-order valence-electron chi connectivity index (χ4n) is 4.32. The highest BCUT2D eigenvalue weighted by atomic mass is 79.9. The summed E-state index contributed by atoms with van der Waals surface area (Å²) >= 11 is 3.84. The van der Waals surface area contributed by atoms with Crippen molar-refractivity contribution in [1.29, 1.82) is 0 Å². The molecule has 0 unspecified atom stereocenters. The minimum absolute atomic E-state index is 0.0496. The summed E-state index contributed by atoms with van der Waals surface area (Å²) in [7, 11) is 0. The van der Waals surface area contributed by atoms with Crippen molar-refractivity contribution < 1.29 is 9.47 Å². The molecule has 0 saturated heterocycles. The van der Waals surface area contributed by atoms with Gasteiger partial charge >= 0.3 is 0 Å². The molecule has 2 aliphatic heterocycles. The first-order chi connectivity index (χ1) is 15.3. The third kappa shape index (κ3) is 3.52. The van der Waals surface area contributed by atoms with Gasteiger partial charge in [-0.25, -0.2) is 0 Å². The maximum Gasteiger partial charge on any atom is 0.134 e. The molecule has 32 heavy (non-hydrogen) atoms. The molecule has 0 bridgehead atoms. The molecular formula is C26H26BrN3O2. The van der Waals surface area contributed by atoms with Gasteiger partial charge < -0.3 is 20.5 Å². The average molecular weight is 492 g/mol. The number of hydrogen-bond donors (Lipinski definition) is 2. The molecule has 0 fully saturated rings. The Morgan fingerprint density at radius 1 is 1.16 bits per heavy atom. The lowest BCUT2D eigenvalue weighted by molar-refractivity contribution is 0.196. The minimum Gasteiger partial charge on any atom is -0.492 e. The van der Waals surface area contributed by atoms with E-state index in [1.54, 1.807) is 6.20 Å². The van der Waals surface area contributed by atoms with Crippen molar-refractivity contribution in [2.24, 2.45) is 11.1 Å². The standard InChI is InChI=1S/C26H26BrN3O2/c1-25(2,3)15-31-21-9-8-20-23(24(21)27)26(12-22(28)30-14-26)18-11-16(6-7-19(18)32-20)17-5-4-10-29-13-17/h4-13,30H,14-15,28H2,1-3H3/t26-/m0/s1. The SMILES string of the molecule is CC(C)(C)COc1ccc2c(c1Br)[C@]1(C=C(N)NC1)c1cc(-c3cccnc3)ccc1O2. The van der Waals surface area contributed by atoms with Crippen LogP contribution in [0.3, 0.4) is 0 Å². The highest BCUT2D eigenvalue weighted by Crippen LogP contribution is 2.55. The zero-order chi connectivity index (χ0) is 22.5. The number of hydrogen-bond acceptors (Lipinski definition) is 5. The van der Waals surface area contributed by atoms with E-state index in [0.29, 0.717) is 19.0 Å². The van der Waals surface area contributed by atoms with Crippen molar-refractivity contribution in [2.45, 2.75) is 26.2 Å². The van der Waals surface area contributed by atoms with Crippen LogP contribution in [0.4, 0.5) is 0 Å². The van der Waals surface area contributed by atoms with Gasteiger partial charge in [-0.2, -0.15) is 0 Å². The second kappa shape index (κ2) is 7.55. The topological polar surface area (TPSA) is 69.4 Å². The van der Waals surface area contributed by atoms with Crippen LogP contribution in [-0.4, -0.2) is 18.1 Å². The van der Waals surface area contributed by atoms with Crippen molar-refractivity contribution in [2.75, 3.05) is 13.2 Å². The Hall–Kier alpha value is -2.99. The number of nitrogens with zero attached hydrogens (tertiary/aromatic N) is 1. The smallest absolute Gasteiger partial charge is 0.134 e. The molecule has 0 radical (unpaired) electrons. The van der Waals surface area contributed by atoms with Crippen LogP contribution in [0.25, 0.3) is 11.1 Å². The lowest BCUT2D eigenvalue weighted by Crippen LogP contribution is -2.35. The number of ether oxygens (including phenoxy) is 2. The van der Waals surface area contributed by atoms with E-state index < -0.39 is 5.41 Å². The molecule has 0 amide bonds. The molecule has 2 aliphatic rings. The first-order valence-corrected chi connectivity index (χ1v) is 11.5. The number of nitrogens with one attached hydrogen (secondary N) is 1. The van der Waals surface area contributed by atoms with Crippen molar-refractivity contribution >= 4 is 15.9 Å². The fourth-order valence-corrected chi connectivity index (χ4v) is 5.12. The molecule has 0 saturated carbocycles. The second-order valence-corrected chi connectivity index (χ2v) is 10.4. The number of pyridine rings is 1. The van der Waals surface area contributed by atoms with Gasteiger partial charge in [-0.1, -0.05) is 32.9 Å². The molecule has 164 valence electrons. The zero-order valence-electron chi connectivity index (χ0n) is 18.4. The lowest BCUT2D eigenvalue weighted by atomic mass is 9.72. The molecular weight excluding hydrogens is 466 g/mol. The number of fused-ring (bicyclic) bond motifs is 4. The highest BCUT2D eigenvalue weighted by Gasteiger charge is 2.46. The van der Waals surface area contributed by atoms with E-state index >= 15 is 0 Å². The van der Waals surface area contributed by atoms with Crippen LogP contribution in [0.15, 0.2) is 71.2 Å². The van der Waals surface area contributed by atoms with Crippen LogP contribution in [0.5, 0.6) is 17.2 Å². The molecule has 2 aromatic carbocycles. The molecule has 1 spiro atoms.